The number of hydrogen-bond donors (Lipinski definition) is 1. The first kappa shape index (κ1) is 19.8. The molecule has 0 radical (unpaired) electrons. The molecule has 2 aromatic rings. The molecule has 0 saturated heterocycles. The second-order valence-corrected chi connectivity index (χ2v) is 6.71. The number of benzene rings is 1. The van der Waals surface area contributed by atoms with Crippen LogP contribution in [0.2, 0.25) is 0 Å². The van der Waals surface area contributed by atoms with E-state index >= 15 is 0 Å². The lowest BCUT2D eigenvalue weighted by molar-refractivity contribution is 0.459. The molecule has 1 aromatic carbocycles. The molecule has 0 aliphatic heterocycles. The Morgan fingerprint density at radius 3 is 2.68 bits per heavy atom. The number of aryl methyl sites for hydroxylation is 2. The van der Waals surface area contributed by atoms with E-state index in [0.717, 1.165) is 19.0 Å². The number of aromatic nitrogens is 1. The van der Waals surface area contributed by atoms with Gasteiger partial charge in [-0.1, -0.05) is 24.3 Å². The maximum absolute atomic E-state index is 4.69. The van der Waals surface area contributed by atoms with Crippen LogP contribution in [0.1, 0.15) is 36.1 Å². The van der Waals surface area contributed by atoms with Gasteiger partial charge in [-0.3, -0.25) is 4.99 Å². The molecule has 1 aliphatic rings. The number of nitrogens with zero attached hydrogens (tertiary/aromatic N) is 3. The second-order valence-electron chi connectivity index (χ2n) is 6.71. The lowest BCUT2D eigenvalue weighted by atomic mass is 10.0. The summed E-state index contributed by atoms with van der Waals surface area (Å²) < 4.78 is 2.16. The predicted octanol–water partition coefficient (Wildman–Crippen LogP) is 3.90. The van der Waals surface area contributed by atoms with Crippen LogP contribution in [0, 0.1) is 6.92 Å². The van der Waals surface area contributed by atoms with Crippen LogP contribution in [0.4, 0.5) is 0 Å². The zero-order valence-corrected chi connectivity index (χ0v) is 17.9. The van der Waals surface area contributed by atoms with Gasteiger partial charge in [-0.2, -0.15) is 0 Å². The van der Waals surface area contributed by atoms with E-state index in [1.807, 2.05) is 0 Å². The van der Waals surface area contributed by atoms with Gasteiger partial charge in [-0.15, -0.1) is 24.0 Å². The van der Waals surface area contributed by atoms with E-state index in [2.05, 4.69) is 90.3 Å². The number of hydrogen-bond acceptors (Lipinski definition) is 1. The van der Waals surface area contributed by atoms with Gasteiger partial charge in [0.1, 0.15) is 0 Å². The molecule has 4 nitrogen and oxygen atoms in total. The van der Waals surface area contributed by atoms with Crippen LogP contribution in [-0.2, 0) is 13.6 Å². The van der Waals surface area contributed by atoms with Crippen LogP contribution in [0.3, 0.4) is 0 Å². The lowest BCUT2D eigenvalue weighted by Gasteiger charge is -2.23. The highest BCUT2D eigenvalue weighted by atomic mass is 127. The van der Waals surface area contributed by atoms with Gasteiger partial charge in [-0.05, 0) is 43.5 Å². The number of aliphatic imine (C=N–C) groups is 1. The number of halogens is 1. The molecule has 0 spiro atoms. The van der Waals surface area contributed by atoms with Crippen molar-refractivity contribution in [2.24, 2.45) is 12.0 Å². The third-order valence-corrected chi connectivity index (χ3v) is 4.81. The SMILES string of the molecule is CCN=C(NC1CC1c1ccccc1C)N(C)Cc1cccn1C.I. The third kappa shape index (κ3) is 4.77. The maximum atomic E-state index is 4.69. The summed E-state index contributed by atoms with van der Waals surface area (Å²) in [4.78, 5) is 6.90. The third-order valence-electron chi connectivity index (χ3n) is 4.81. The predicted molar refractivity (Wildman–Crippen MR) is 116 cm³/mol. The second kappa shape index (κ2) is 8.74. The minimum absolute atomic E-state index is 0. The Kier molecular flexibility index (Phi) is 6.93. The van der Waals surface area contributed by atoms with E-state index < -0.39 is 0 Å². The largest absolute Gasteiger partial charge is 0.353 e. The summed E-state index contributed by atoms with van der Waals surface area (Å²) in [5, 5.41) is 3.67. The van der Waals surface area contributed by atoms with Crippen molar-refractivity contribution in [1.82, 2.24) is 14.8 Å². The summed E-state index contributed by atoms with van der Waals surface area (Å²) in [6.45, 7) is 5.94. The first-order valence-electron chi connectivity index (χ1n) is 8.78. The molecule has 3 rings (SSSR count). The summed E-state index contributed by atoms with van der Waals surface area (Å²) in [6.07, 6.45) is 3.27. The highest BCUT2D eigenvalue weighted by molar-refractivity contribution is 14.0. The van der Waals surface area contributed by atoms with Crippen LogP contribution in [-0.4, -0.2) is 35.1 Å². The zero-order valence-electron chi connectivity index (χ0n) is 15.6. The van der Waals surface area contributed by atoms with Crippen LogP contribution < -0.4 is 5.32 Å². The molecule has 1 aromatic heterocycles. The summed E-state index contributed by atoms with van der Waals surface area (Å²) in [6, 6.07) is 13.4. The van der Waals surface area contributed by atoms with E-state index in [0.29, 0.717) is 12.0 Å². The first-order chi connectivity index (χ1) is 11.6. The fourth-order valence-corrected chi connectivity index (χ4v) is 3.27. The molecule has 5 heteroatoms. The molecule has 25 heavy (non-hydrogen) atoms. The average molecular weight is 452 g/mol. The van der Waals surface area contributed by atoms with Gasteiger partial charge in [0.25, 0.3) is 0 Å². The van der Waals surface area contributed by atoms with Gasteiger partial charge in [-0.25, -0.2) is 0 Å². The van der Waals surface area contributed by atoms with Crippen LogP contribution >= 0.6 is 24.0 Å². The standard InChI is InChI=1S/C20H28N4.HI/c1-5-21-20(24(4)14-16-10-8-12-23(16)3)22-19-13-18(19)17-11-7-6-9-15(17)2;/h6-12,18-19H,5,13-14H2,1-4H3,(H,21,22);1H. The Balaban J connectivity index is 0.00000225. The molecule has 1 aliphatic carbocycles. The Bertz CT molecular complexity index is 722. The van der Waals surface area contributed by atoms with Crippen molar-refractivity contribution >= 4 is 29.9 Å². The van der Waals surface area contributed by atoms with Gasteiger partial charge < -0.3 is 14.8 Å². The van der Waals surface area contributed by atoms with Gasteiger partial charge in [0.15, 0.2) is 5.96 Å². The molecular weight excluding hydrogens is 423 g/mol. The molecule has 0 bridgehead atoms. The summed E-state index contributed by atoms with van der Waals surface area (Å²) >= 11 is 0. The Morgan fingerprint density at radius 2 is 2.04 bits per heavy atom. The van der Waals surface area contributed by atoms with E-state index in [9.17, 15) is 0 Å². The zero-order chi connectivity index (χ0) is 17.1. The highest BCUT2D eigenvalue weighted by Crippen LogP contribution is 2.42. The van der Waals surface area contributed by atoms with Gasteiger partial charge in [0.05, 0.1) is 6.54 Å². The van der Waals surface area contributed by atoms with E-state index in [1.54, 1.807) is 0 Å². The molecule has 2 atom stereocenters. The quantitative estimate of drug-likeness (QED) is 0.424. The van der Waals surface area contributed by atoms with Crippen LogP contribution in [0.5, 0.6) is 0 Å². The fraction of sp³-hybridized carbons (Fsp3) is 0.450. The Morgan fingerprint density at radius 1 is 1.28 bits per heavy atom. The monoisotopic (exact) mass is 452 g/mol. The smallest absolute Gasteiger partial charge is 0.194 e. The first-order valence-corrected chi connectivity index (χ1v) is 8.78. The molecule has 1 heterocycles. The molecule has 2 unspecified atom stereocenters. The van der Waals surface area contributed by atoms with Crippen LogP contribution in [0.25, 0.3) is 0 Å². The Labute approximate surface area is 168 Å². The maximum Gasteiger partial charge on any atom is 0.194 e. The molecule has 136 valence electrons. The van der Waals surface area contributed by atoms with Crippen molar-refractivity contribution < 1.29 is 0 Å². The summed E-state index contributed by atoms with van der Waals surface area (Å²) in [5.74, 6) is 1.61. The van der Waals surface area contributed by atoms with E-state index in [1.165, 1.54) is 23.2 Å². The van der Waals surface area contributed by atoms with Crippen molar-refractivity contribution in [3.63, 3.8) is 0 Å². The van der Waals surface area contributed by atoms with Crippen LogP contribution in [0.15, 0.2) is 47.6 Å². The van der Waals surface area contributed by atoms with E-state index in [-0.39, 0.29) is 24.0 Å². The molecule has 0 amide bonds. The fourth-order valence-electron chi connectivity index (χ4n) is 3.27. The highest BCUT2D eigenvalue weighted by Gasteiger charge is 2.40. The number of rotatable bonds is 5. The Hall–Kier alpha value is -1.50. The minimum Gasteiger partial charge on any atom is -0.353 e. The molecule has 1 N–H and O–H groups in total. The normalized spacial score (nSPS) is 19.3. The molecule has 1 saturated carbocycles. The minimum atomic E-state index is 0. The number of guanidine groups is 1. The molecular formula is C20H29IN4. The lowest BCUT2D eigenvalue weighted by Crippen LogP contribution is -2.40. The van der Waals surface area contributed by atoms with Crippen molar-refractivity contribution in [2.75, 3.05) is 13.6 Å². The van der Waals surface area contributed by atoms with Crippen molar-refractivity contribution in [3.8, 4) is 0 Å². The van der Waals surface area contributed by atoms with Gasteiger partial charge >= 0.3 is 0 Å². The van der Waals surface area contributed by atoms with Crippen molar-refractivity contribution in [2.45, 2.75) is 38.8 Å². The number of nitrogens with one attached hydrogen (secondary N) is 1. The van der Waals surface area contributed by atoms with Crippen molar-refractivity contribution in [1.29, 1.82) is 0 Å². The topological polar surface area (TPSA) is 32.6 Å². The van der Waals surface area contributed by atoms with Crippen molar-refractivity contribution in [3.05, 3.63) is 59.4 Å². The molecule has 1 fully saturated rings. The van der Waals surface area contributed by atoms with Gasteiger partial charge in [0.2, 0.25) is 0 Å². The average Bonchev–Trinajstić information content (AvgIpc) is 3.21. The summed E-state index contributed by atoms with van der Waals surface area (Å²) in [7, 11) is 4.20. The summed E-state index contributed by atoms with van der Waals surface area (Å²) in [5.41, 5.74) is 4.14. The van der Waals surface area contributed by atoms with E-state index in [4.69, 9.17) is 0 Å². The van der Waals surface area contributed by atoms with Gasteiger partial charge in [0, 0.05) is 44.5 Å².